The smallest absolute Gasteiger partial charge is 0.232 e. The van der Waals surface area contributed by atoms with E-state index in [1.165, 1.54) is 6.08 Å². The predicted octanol–water partition coefficient (Wildman–Crippen LogP) is 1.45. The maximum absolute atomic E-state index is 12.3. The summed E-state index contributed by atoms with van der Waals surface area (Å²) in [5.74, 6) is -1.000. The molecule has 0 spiro atoms. The molecular weight excluding hydrogens is 300 g/mol. The summed E-state index contributed by atoms with van der Waals surface area (Å²) in [7, 11) is -3.70. The van der Waals surface area contributed by atoms with Crippen molar-refractivity contribution in [2.45, 2.75) is 12.7 Å². The molecule has 1 rings (SSSR count). The molecule has 0 saturated heterocycles. The number of hydrogen-bond acceptors (Lipinski definition) is 3. The van der Waals surface area contributed by atoms with Crippen molar-refractivity contribution in [3.63, 3.8) is 0 Å². The fourth-order valence-electron chi connectivity index (χ4n) is 1.70. The zero-order valence-electron chi connectivity index (χ0n) is 11.2. The third-order valence-electron chi connectivity index (χ3n) is 2.67. The van der Waals surface area contributed by atoms with Crippen molar-refractivity contribution in [3.8, 4) is 0 Å². The van der Waals surface area contributed by atoms with Crippen LogP contribution in [0.5, 0.6) is 0 Å². The lowest BCUT2D eigenvalue weighted by Gasteiger charge is -2.19. The molecule has 0 bridgehead atoms. The quantitative estimate of drug-likeness (QED) is 0.773. The van der Waals surface area contributed by atoms with E-state index in [-0.39, 0.29) is 18.8 Å². The maximum Gasteiger partial charge on any atom is 0.232 e. The van der Waals surface area contributed by atoms with Gasteiger partial charge in [0.05, 0.1) is 12.3 Å². The first-order chi connectivity index (χ1) is 9.27. The van der Waals surface area contributed by atoms with Crippen molar-refractivity contribution in [3.05, 3.63) is 47.0 Å². The van der Waals surface area contributed by atoms with Crippen molar-refractivity contribution < 1.29 is 13.2 Å². The van der Waals surface area contributed by atoms with E-state index >= 15 is 0 Å². The van der Waals surface area contributed by atoms with E-state index in [4.69, 9.17) is 17.3 Å². The Kier molecular flexibility index (Phi) is 5.74. The van der Waals surface area contributed by atoms with E-state index in [1.54, 1.807) is 25.1 Å². The topological polar surface area (TPSA) is 80.5 Å². The number of benzene rings is 1. The highest BCUT2D eigenvalue weighted by atomic mass is 35.5. The number of nitrogens with two attached hydrogens (primary N) is 1. The van der Waals surface area contributed by atoms with Crippen molar-refractivity contribution in [2.75, 3.05) is 13.1 Å². The number of primary amides is 1. The third-order valence-corrected chi connectivity index (χ3v) is 4.95. The number of carbonyl (C=O) groups is 1. The van der Waals surface area contributed by atoms with Gasteiger partial charge in [0.2, 0.25) is 15.9 Å². The van der Waals surface area contributed by atoms with Crippen LogP contribution < -0.4 is 5.73 Å². The van der Waals surface area contributed by atoms with Gasteiger partial charge >= 0.3 is 0 Å². The minimum atomic E-state index is -3.70. The van der Waals surface area contributed by atoms with E-state index in [0.717, 1.165) is 9.87 Å². The summed E-state index contributed by atoms with van der Waals surface area (Å²) in [6.45, 7) is 4.92. The molecule has 0 saturated carbocycles. The molecule has 0 atom stereocenters. The summed E-state index contributed by atoms with van der Waals surface area (Å²) in [4.78, 5) is 11.0. The maximum atomic E-state index is 12.3. The van der Waals surface area contributed by atoms with Crippen LogP contribution in [-0.2, 0) is 20.6 Å². The first kappa shape index (κ1) is 16.7. The fraction of sp³-hybridized carbons (Fsp3) is 0.308. The Morgan fingerprint density at radius 3 is 2.70 bits per heavy atom. The molecule has 5 nitrogen and oxygen atoms in total. The van der Waals surface area contributed by atoms with Gasteiger partial charge in [0.25, 0.3) is 0 Å². The van der Waals surface area contributed by atoms with Crippen LogP contribution in [0, 0.1) is 6.92 Å². The van der Waals surface area contributed by atoms with Crippen molar-refractivity contribution >= 4 is 27.5 Å². The van der Waals surface area contributed by atoms with Crippen LogP contribution in [0.4, 0.5) is 0 Å². The number of carbonyl (C=O) groups excluding carboxylic acids is 1. The number of aryl methyl sites for hydroxylation is 1. The van der Waals surface area contributed by atoms with E-state index in [1.807, 2.05) is 0 Å². The Labute approximate surface area is 124 Å². The predicted molar refractivity (Wildman–Crippen MR) is 79.8 cm³/mol. The van der Waals surface area contributed by atoms with Gasteiger partial charge in [0.1, 0.15) is 0 Å². The first-order valence-corrected chi connectivity index (χ1v) is 7.87. The highest BCUT2D eigenvalue weighted by Crippen LogP contribution is 2.23. The first-order valence-electron chi connectivity index (χ1n) is 5.89. The average Bonchev–Trinajstić information content (AvgIpc) is 2.34. The highest BCUT2D eigenvalue weighted by Gasteiger charge is 2.24. The molecule has 0 aliphatic carbocycles. The Bertz CT molecular complexity index is 614. The standard InChI is InChI=1S/C13H17ClN2O3S/c1-3-7-16(8-12(15)17)20(18,19)9-11-6-4-5-10(2)13(11)14/h3-6H,1,7-9H2,2H3,(H2,15,17). The summed E-state index contributed by atoms with van der Waals surface area (Å²) >= 11 is 6.09. The molecule has 1 amide bonds. The van der Waals surface area contributed by atoms with Crippen LogP contribution in [0.25, 0.3) is 0 Å². The van der Waals surface area contributed by atoms with E-state index in [2.05, 4.69) is 6.58 Å². The van der Waals surface area contributed by atoms with Gasteiger partial charge in [-0.05, 0) is 18.1 Å². The lowest BCUT2D eigenvalue weighted by molar-refractivity contribution is -0.118. The molecule has 110 valence electrons. The summed E-state index contributed by atoms with van der Waals surface area (Å²) in [5.41, 5.74) is 6.35. The molecule has 0 fully saturated rings. The second-order valence-electron chi connectivity index (χ2n) is 4.35. The second kappa shape index (κ2) is 6.88. The van der Waals surface area contributed by atoms with E-state index < -0.39 is 15.9 Å². The average molecular weight is 317 g/mol. The molecule has 1 aromatic carbocycles. The Balaban J connectivity index is 3.05. The van der Waals surface area contributed by atoms with E-state index in [0.29, 0.717) is 10.6 Å². The summed E-state index contributed by atoms with van der Waals surface area (Å²) < 4.78 is 25.6. The van der Waals surface area contributed by atoms with Crippen molar-refractivity contribution in [1.82, 2.24) is 4.31 Å². The molecule has 7 heteroatoms. The minimum absolute atomic E-state index is 0.0225. The van der Waals surface area contributed by atoms with Crippen molar-refractivity contribution in [1.29, 1.82) is 0 Å². The molecular formula is C13H17ClN2O3S. The molecule has 0 unspecified atom stereocenters. The molecule has 0 aromatic heterocycles. The van der Waals surface area contributed by atoms with Gasteiger partial charge in [-0.15, -0.1) is 6.58 Å². The largest absolute Gasteiger partial charge is 0.369 e. The van der Waals surface area contributed by atoms with Crippen LogP contribution in [-0.4, -0.2) is 31.7 Å². The molecule has 0 aliphatic rings. The molecule has 2 N–H and O–H groups in total. The molecule has 20 heavy (non-hydrogen) atoms. The number of halogens is 1. The molecule has 0 heterocycles. The zero-order chi connectivity index (χ0) is 15.3. The van der Waals surface area contributed by atoms with Gasteiger partial charge < -0.3 is 5.73 Å². The minimum Gasteiger partial charge on any atom is -0.369 e. The monoisotopic (exact) mass is 316 g/mol. The van der Waals surface area contributed by atoms with Crippen LogP contribution in [0.3, 0.4) is 0 Å². The molecule has 0 radical (unpaired) electrons. The van der Waals surface area contributed by atoms with Gasteiger partial charge in [0, 0.05) is 11.6 Å². The highest BCUT2D eigenvalue weighted by molar-refractivity contribution is 7.88. The Morgan fingerprint density at radius 1 is 1.50 bits per heavy atom. The van der Waals surface area contributed by atoms with Crippen LogP contribution in [0.15, 0.2) is 30.9 Å². The van der Waals surface area contributed by atoms with Gasteiger partial charge in [-0.2, -0.15) is 4.31 Å². The second-order valence-corrected chi connectivity index (χ2v) is 6.70. The molecule has 0 aliphatic heterocycles. The lowest BCUT2D eigenvalue weighted by atomic mass is 10.2. The third kappa shape index (κ3) is 4.33. The zero-order valence-corrected chi connectivity index (χ0v) is 12.7. The Hall–Kier alpha value is -1.37. The van der Waals surface area contributed by atoms with Gasteiger partial charge in [0.15, 0.2) is 0 Å². The summed E-state index contributed by atoms with van der Waals surface area (Å²) in [5, 5.41) is 0.411. The lowest BCUT2D eigenvalue weighted by Crippen LogP contribution is -2.39. The van der Waals surface area contributed by atoms with E-state index in [9.17, 15) is 13.2 Å². The SMILES string of the molecule is C=CCN(CC(N)=O)S(=O)(=O)Cc1cccc(C)c1Cl. The number of amides is 1. The number of nitrogens with zero attached hydrogens (tertiary/aromatic N) is 1. The van der Waals surface area contributed by atoms with Gasteiger partial charge in [-0.3, -0.25) is 4.79 Å². The van der Waals surface area contributed by atoms with Crippen LogP contribution in [0.1, 0.15) is 11.1 Å². The van der Waals surface area contributed by atoms with Crippen molar-refractivity contribution in [2.24, 2.45) is 5.73 Å². The number of sulfonamides is 1. The van der Waals surface area contributed by atoms with Crippen LogP contribution in [0.2, 0.25) is 5.02 Å². The number of rotatable bonds is 7. The van der Waals surface area contributed by atoms with Gasteiger partial charge in [-0.25, -0.2) is 8.42 Å². The summed E-state index contributed by atoms with van der Waals surface area (Å²) in [6, 6.07) is 5.17. The number of hydrogen-bond donors (Lipinski definition) is 1. The Morgan fingerprint density at radius 2 is 2.15 bits per heavy atom. The molecule has 1 aromatic rings. The fourth-order valence-corrected chi connectivity index (χ4v) is 3.45. The summed E-state index contributed by atoms with van der Waals surface area (Å²) in [6.07, 6.45) is 1.40. The van der Waals surface area contributed by atoms with Crippen LogP contribution >= 0.6 is 11.6 Å². The normalized spacial score (nSPS) is 11.6. The van der Waals surface area contributed by atoms with Gasteiger partial charge in [-0.1, -0.05) is 35.9 Å².